The molecule has 0 unspecified atom stereocenters. The molecule has 0 fully saturated rings. The fourth-order valence-corrected chi connectivity index (χ4v) is 2.48. The lowest BCUT2D eigenvalue weighted by atomic mass is 10.2. The van der Waals surface area contributed by atoms with Crippen molar-refractivity contribution in [2.75, 3.05) is 5.32 Å². The average molecular weight is 379 g/mol. The molecule has 8 nitrogen and oxygen atoms in total. The summed E-state index contributed by atoms with van der Waals surface area (Å²) >= 11 is 0. The van der Waals surface area contributed by atoms with Crippen LogP contribution in [0.15, 0.2) is 77.7 Å². The zero-order valence-electron chi connectivity index (χ0n) is 14.8. The van der Waals surface area contributed by atoms with Gasteiger partial charge in [-0.05, 0) is 29.8 Å². The Morgan fingerprint density at radius 2 is 1.75 bits per heavy atom. The van der Waals surface area contributed by atoms with Crippen LogP contribution in [0.5, 0.6) is 5.75 Å². The Balaban J connectivity index is 1.58. The highest BCUT2D eigenvalue weighted by molar-refractivity contribution is 5.90. The highest BCUT2D eigenvalue weighted by Crippen LogP contribution is 2.17. The number of nitro groups is 1. The molecule has 3 aromatic rings. The molecule has 142 valence electrons. The zero-order valence-corrected chi connectivity index (χ0v) is 14.8. The number of hydrogen-bond acceptors (Lipinski definition) is 5. The van der Waals surface area contributed by atoms with Gasteiger partial charge >= 0.3 is 0 Å². The van der Waals surface area contributed by atoms with Gasteiger partial charge in [-0.3, -0.25) is 24.3 Å². The Bertz CT molecular complexity index is 1030. The van der Waals surface area contributed by atoms with Gasteiger partial charge in [0.2, 0.25) is 5.91 Å². The van der Waals surface area contributed by atoms with Gasteiger partial charge in [0.1, 0.15) is 18.9 Å². The van der Waals surface area contributed by atoms with Gasteiger partial charge in [-0.1, -0.05) is 30.3 Å². The molecule has 0 atom stereocenters. The number of nitrogens with one attached hydrogen (secondary N) is 1. The summed E-state index contributed by atoms with van der Waals surface area (Å²) in [4.78, 5) is 34.1. The lowest BCUT2D eigenvalue weighted by Crippen LogP contribution is -2.26. The van der Waals surface area contributed by atoms with Crippen LogP contribution in [0.1, 0.15) is 5.56 Å². The highest BCUT2D eigenvalue weighted by atomic mass is 16.6. The first-order valence-corrected chi connectivity index (χ1v) is 8.43. The lowest BCUT2D eigenvalue weighted by Gasteiger charge is -2.09. The summed E-state index contributed by atoms with van der Waals surface area (Å²) in [6, 6.07) is 18.7. The molecule has 0 saturated heterocycles. The second-order valence-corrected chi connectivity index (χ2v) is 5.96. The van der Waals surface area contributed by atoms with Gasteiger partial charge < -0.3 is 10.1 Å². The SMILES string of the molecule is O=C(Cn1cc([N+](=O)[O-])ccc1=O)Nc1ccc(OCc2ccccc2)cc1. The molecule has 1 aromatic heterocycles. The van der Waals surface area contributed by atoms with E-state index in [1.54, 1.807) is 24.3 Å². The summed E-state index contributed by atoms with van der Waals surface area (Å²) in [5, 5.41) is 13.4. The zero-order chi connectivity index (χ0) is 19.9. The van der Waals surface area contributed by atoms with Crippen LogP contribution in [-0.2, 0) is 17.9 Å². The fraction of sp³-hybridized carbons (Fsp3) is 0.100. The van der Waals surface area contributed by atoms with Crippen molar-refractivity contribution in [3.63, 3.8) is 0 Å². The third-order valence-corrected chi connectivity index (χ3v) is 3.88. The summed E-state index contributed by atoms with van der Waals surface area (Å²) in [5.41, 5.74) is 0.815. The van der Waals surface area contributed by atoms with E-state index in [1.165, 1.54) is 0 Å². The van der Waals surface area contributed by atoms with E-state index in [0.717, 1.165) is 28.5 Å². The summed E-state index contributed by atoms with van der Waals surface area (Å²) in [6.45, 7) is 0.106. The first-order valence-electron chi connectivity index (χ1n) is 8.43. The van der Waals surface area contributed by atoms with Crippen molar-refractivity contribution in [1.82, 2.24) is 4.57 Å². The Kier molecular flexibility index (Phi) is 5.81. The van der Waals surface area contributed by atoms with Gasteiger partial charge in [0.05, 0.1) is 11.1 Å². The molecule has 0 bridgehead atoms. The first kappa shape index (κ1) is 18.8. The van der Waals surface area contributed by atoms with E-state index in [4.69, 9.17) is 4.74 Å². The number of benzene rings is 2. The number of nitrogens with zero attached hydrogens (tertiary/aromatic N) is 2. The Hall–Kier alpha value is -3.94. The number of pyridine rings is 1. The molecule has 1 amide bonds. The molecular weight excluding hydrogens is 362 g/mol. The molecule has 1 heterocycles. The van der Waals surface area contributed by atoms with Gasteiger partial charge in [0.15, 0.2) is 0 Å². The smallest absolute Gasteiger partial charge is 0.285 e. The van der Waals surface area contributed by atoms with E-state index in [2.05, 4.69) is 5.32 Å². The molecule has 0 aliphatic carbocycles. The second kappa shape index (κ2) is 8.63. The maximum atomic E-state index is 12.1. The van der Waals surface area contributed by atoms with Crippen molar-refractivity contribution in [1.29, 1.82) is 0 Å². The van der Waals surface area contributed by atoms with Crippen molar-refractivity contribution in [2.24, 2.45) is 0 Å². The Morgan fingerprint density at radius 1 is 1.04 bits per heavy atom. The number of carbonyl (C=O) groups excluding carboxylic acids is 1. The number of rotatable bonds is 7. The van der Waals surface area contributed by atoms with Gasteiger partial charge in [0, 0.05) is 17.8 Å². The minimum absolute atomic E-state index is 0.257. The minimum atomic E-state index is -0.623. The molecular formula is C20H17N3O5. The van der Waals surface area contributed by atoms with E-state index in [9.17, 15) is 19.7 Å². The molecule has 28 heavy (non-hydrogen) atoms. The van der Waals surface area contributed by atoms with Crippen molar-refractivity contribution in [3.8, 4) is 5.75 Å². The molecule has 0 aliphatic rings. The number of carbonyl (C=O) groups is 1. The second-order valence-electron chi connectivity index (χ2n) is 5.96. The summed E-state index contributed by atoms with van der Waals surface area (Å²) in [6.07, 6.45) is 1.04. The van der Waals surface area contributed by atoms with Crippen molar-refractivity contribution < 1.29 is 14.5 Å². The monoisotopic (exact) mass is 379 g/mol. The van der Waals surface area contributed by atoms with Gasteiger partial charge in [-0.2, -0.15) is 0 Å². The van der Waals surface area contributed by atoms with E-state index in [1.807, 2.05) is 30.3 Å². The highest BCUT2D eigenvalue weighted by Gasteiger charge is 2.11. The largest absolute Gasteiger partial charge is 0.489 e. The fourth-order valence-electron chi connectivity index (χ4n) is 2.48. The molecule has 0 spiro atoms. The predicted octanol–water partition coefficient (Wildman–Crippen LogP) is 2.97. The summed E-state index contributed by atoms with van der Waals surface area (Å²) in [5.74, 6) is 0.178. The van der Waals surface area contributed by atoms with E-state index < -0.39 is 16.4 Å². The molecule has 3 rings (SSSR count). The number of hydrogen-bond donors (Lipinski definition) is 1. The molecule has 1 N–H and O–H groups in total. The van der Waals surface area contributed by atoms with Crippen LogP contribution in [0.4, 0.5) is 11.4 Å². The standard InChI is InChI=1S/C20H17N3O5/c24-19(13-22-12-17(23(26)27)8-11-20(22)25)21-16-6-9-18(10-7-16)28-14-15-4-2-1-3-5-15/h1-12H,13-14H2,(H,21,24). The van der Waals surface area contributed by atoms with Crippen LogP contribution in [0, 0.1) is 10.1 Å². The summed E-state index contributed by atoms with van der Waals surface area (Å²) in [7, 11) is 0. The topological polar surface area (TPSA) is 103 Å². The maximum Gasteiger partial charge on any atom is 0.285 e. The average Bonchev–Trinajstić information content (AvgIpc) is 2.70. The van der Waals surface area contributed by atoms with Crippen LogP contribution >= 0.6 is 0 Å². The molecule has 0 saturated carbocycles. The van der Waals surface area contributed by atoms with Crippen molar-refractivity contribution in [3.05, 3.63) is 99.0 Å². The summed E-state index contributed by atoms with van der Waals surface area (Å²) < 4.78 is 6.67. The minimum Gasteiger partial charge on any atom is -0.489 e. The van der Waals surface area contributed by atoms with E-state index in [-0.39, 0.29) is 12.2 Å². The number of aromatic nitrogens is 1. The van der Waals surface area contributed by atoms with Crippen LogP contribution in [0.3, 0.4) is 0 Å². The third-order valence-electron chi connectivity index (χ3n) is 3.88. The third kappa shape index (κ3) is 5.04. The number of amides is 1. The van der Waals surface area contributed by atoms with Crippen LogP contribution in [0.25, 0.3) is 0 Å². The quantitative estimate of drug-likeness (QED) is 0.502. The van der Waals surface area contributed by atoms with E-state index >= 15 is 0 Å². The van der Waals surface area contributed by atoms with Gasteiger partial charge in [0.25, 0.3) is 11.2 Å². The van der Waals surface area contributed by atoms with Gasteiger partial charge in [-0.25, -0.2) is 0 Å². The van der Waals surface area contributed by atoms with Crippen molar-refractivity contribution >= 4 is 17.3 Å². The molecule has 0 aliphatic heterocycles. The number of anilines is 1. The normalized spacial score (nSPS) is 10.3. The van der Waals surface area contributed by atoms with E-state index in [0.29, 0.717) is 18.0 Å². The Morgan fingerprint density at radius 3 is 2.43 bits per heavy atom. The van der Waals surface area contributed by atoms with Crippen LogP contribution < -0.4 is 15.6 Å². The van der Waals surface area contributed by atoms with Gasteiger partial charge in [-0.15, -0.1) is 0 Å². The van der Waals surface area contributed by atoms with Crippen LogP contribution in [-0.4, -0.2) is 15.4 Å². The first-order chi connectivity index (χ1) is 13.5. The Labute approximate surface area is 160 Å². The molecule has 8 heteroatoms. The maximum absolute atomic E-state index is 12.1. The van der Waals surface area contributed by atoms with Crippen molar-refractivity contribution in [2.45, 2.75) is 13.2 Å². The molecule has 2 aromatic carbocycles. The number of ether oxygens (including phenoxy) is 1. The molecule has 0 radical (unpaired) electrons. The predicted molar refractivity (Wildman–Crippen MR) is 103 cm³/mol. The lowest BCUT2D eigenvalue weighted by molar-refractivity contribution is -0.385. The van der Waals surface area contributed by atoms with Crippen LogP contribution in [0.2, 0.25) is 0 Å².